The van der Waals surface area contributed by atoms with Gasteiger partial charge in [-0.05, 0) is 24.3 Å². The van der Waals surface area contributed by atoms with Gasteiger partial charge in [0.05, 0.1) is 11.2 Å². The van der Waals surface area contributed by atoms with Crippen LogP contribution in [0.4, 0.5) is 4.39 Å². The normalized spacial score (nSPS) is 10.4. The molecule has 18 heavy (non-hydrogen) atoms. The van der Waals surface area contributed by atoms with Gasteiger partial charge in [-0.3, -0.25) is 0 Å². The highest BCUT2D eigenvalue weighted by atomic mass is 79.9. The van der Waals surface area contributed by atoms with E-state index in [1.165, 1.54) is 6.07 Å². The van der Waals surface area contributed by atoms with Gasteiger partial charge in [0.25, 0.3) is 0 Å². The van der Waals surface area contributed by atoms with E-state index in [1.54, 1.807) is 18.2 Å². The van der Waals surface area contributed by atoms with E-state index in [0.717, 1.165) is 10.7 Å². The summed E-state index contributed by atoms with van der Waals surface area (Å²) in [6, 6.07) is 6.46. The van der Waals surface area contributed by atoms with E-state index in [0.29, 0.717) is 16.3 Å². The van der Waals surface area contributed by atoms with Crippen LogP contribution in [-0.2, 0) is 6.54 Å². The molecular weight excluding hydrogens is 322 g/mol. The summed E-state index contributed by atoms with van der Waals surface area (Å²) in [6.45, 7) is 0.133. The third-order valence-corrected chi connectivity index (χ3v) is 3.00. The minimum atomic E-state index is -0.454. The standard InChI is InChI=1S/C12H9BrClFN2O/c13-8-1-2-11(10(14)4-8)18-12-7(5-16)3-9(15)6-17-12/h1-4,6H,5,16H2. The van der Waals surface area contributed by atoms with Crippen molar-refractivity contribution in [3.63, 3.8) is 0 Å². The number of nitrogens with zero attached hydrogens (tertiary/aromatic N) is 1. The van der Waals surface area contributed by atoms with Crippen molar-refractivity contribution in [3.05, 3.63) is 51.3 Å². The first-order chi connectivity index (χ1) is 8.60. The highest BCUT2D eigenvalue weighted by Gasteiger charge is 2.09. The molecule has 2 N–H and O–H groups in total. The maximum absolute atomic E-state index is 13.0. The molecule has 94 valence electrons. The van der Waals surface area contributed by atoms with Crippen LogP contribution >= 0.6 is 27.5 Å². The first-order valence-electron chi connectivity index (χ1n) is 5.07. The molecule has 1 aromatic heterocycles. The molecule has 6 heteroatoms. The zero-order valence-electron chi connectivity index (χ0n) is 9.16. The fraction of sp³-hybridized carbons (Fsp3) is 0.0833. The smallest absolute Gasteiger partial charge is 0.223 e. The van der Waals surface area contributed by atoms with Crippen molar-refractivity contribution in [1.29, 1.82) is 0 Å². The van der Waals surface area contributed by atoms with Gasteiger partial charge in [-0.1, -0.05) is 27.5 Å². The van der Waals surface area contributed by atoms with Crippen LogP contribution in [-0.4, -0.2) is 4.98 Å². The van der Waals surface area contributed by atoms with E-state index < -0.39 is 5.82 Å². The van der Waals surface area contributed by atoms with E-state index in [2.05, 4.69) is 20.9 Å². The highest BCUT2D eigenvalue weighted by Crippen LogP contribution is 2.32. The Hall–Kier alpha value is -1.17. The average Bonchev–Trinajstić information content (AvgIpc) is 2.34. The molecule has 0 aliphatic rings. The third kappa shape index (κ3) is 2.98. The predicted octanol–water partition coefficient (Wildman–Crippen LogP) is 3.89. The lowest BCUT2D eigenvalue weighted by atomic mass is 10.2. The van der Waals surface area contributed by atoms with E-state index >= 15 is 0 Å². The monoisotopic (exact) mass is 330 g/mol. The van der Waals surface area contributed by atoms with Crippen molar-refractivity contribution in [2.75, 3.05) is 0 Å². The summed E-state index contributed by atoms with van der Waals surface area (Å²) < 4.78 is 19.4. The van der Waals surface area contributed by atoms with Crippen molar-refractivity contribution in [2.24, 2.45) is 5.73 Å². The molecule has 0 radical (unpaired) electrons. The lowest BCUT2D eigenvalue weighted by molar-refractivity contribution is 0.452. The fourth-order valence-electron chi connectivity index (χ4n) is 1.37. The van der Waals surface area contributed by atoms with Crippen LogP contribution in [0.2, 0.25) is 5.02 Å². The molecule has 0 spiro atoms. The molecule has 0 unspecified atom stereocenters. The predicted molar refractivity (Wildman–Crippen MR) is 71.3 cm³/mol. The average molecular weight is 332 g/mol. The van der Waals surface area contributed by atoms with E-state index in [-0.39, 0.29) is 12.4 Å². The third-order valence-electron chi connectivity index (χ3n) is 2.21. The highest BCUT2D eigenvalue weighted by molar-refractivity contribution is 9.10. The van der Waals surface area contributed by atoms with Crippen molar-refractivity contribution < 1.29 is 9.13 Å². The van der Waals surface area contributed by atoms with Gasteiger partial charge >= 0.3 is 0 Å². The summed E-state index contributed by atoms with van der Waals surface area (Å²) in [6.07, 6.45) is 1.07. The van der Waals surface area contributed by atoms with Crippen LogP contribution in [0.5, 0.6) is 11.6 Å². The lowest BCUT2D eigenvalue weighted by Crippen LogP contribution is -2.02. The number of pyridine rings is 1. The number of ether oxygens (including phenoxy) is 1. The lowest BCUT2D eigenvalue weighted by Gasteiger charge is -2.10. The van der Waals surface area contributed by atoms with Gasteiger partial charge in [0.1, 0.15) is 11.6 Å². The van der Waals surface area contributed by atoms with E-state index in [4.69, 9.17) is 22.1 Å². The van der Waals surface area contributed by atoms with Crippen molar-refractivity contribution in [2.45, 2.75) is 6.54 Å². The second kappa shape index (κ2) is 5.65. The van der Waals surface area contributed by atoms with Crippen LogP contribution < -0.4 is 10.5 Å². The topological polar surface area (TPSA) is 48.1 Å². The molecule has 3 nitrogen and oxygen atoms in total. The molecule has 1 heterocycles. The molecule has 1 aromatic carbocycles. The van der Waals surface area contributed by atoms with Crippen LogP contribution in [0.3, 0.4) is 0 Å². The zero-order valence-corrected chi connectivity index (χ0v) is 11.5. The number of hydrogen-bond acceptors (Lipinski definition) is 3. The molecule has 0 saturated carbocycles. The minimum Gasteiger partial charge on any atom is -0.437 e. The Labute approximate surface area is 117 Å². The Bertz CT molecular complexity index is 580. The van der Waals surface area contributed by atoms with Gasteiger partial charge in [0.2, 0.25) is 5.88 Å². The number of hydrogen-bond donors (Lipinski definition) is 1. The maximum Gasteiger partial charge on any atom is 0.223 e. The van der Waals surface area contributed by atoms with E-state index in [1.807, 2.05) is 0 Å². The largest absolute Gasteiger partial charge is 0.437 e. The Morgan fingerprint density at radius 1 is 1.39 bits per heavy atom. The van der Waals surface area contributed by atoms with Gasteiger partial charge in [0.15, 0.2) is 0 Å². The van der Waals surface area contributed by atoms with Crippen LogP contribution in [0.25, 0.3) is 0 Å². The number of nitrogens with two attached hydrogens (primary N) is 1. The van der Waals surface area contributed by atoms with Gasteiger partial charge in [-0.15, -0.1) is 0 Å². The fourth-order valence-corrected chi connectivity index (χ4v) is 2.08. The summed E-state index contributed by atoms with van der Waals surface area (Å²) in [5.74, 6) is 0.238. The number of rotatable bonds is 3. The minimum absolute atomic E-state index is 0.133. The molecule has 0 saturated heterocycles. The van der Waals surface area contributed by atoms with Crippen LogP contribution in [0.15, 0.2) is 34.9 Å². The Morgan fingerprint density at radius 3 is 2.83 bits per heavy atom. The first kappa shape index (κ1) is 13.3. The molecule has 0 amide bonds. The van der Waals surface area contributed by atoms with Gasteiger partial charge < -0.3 is 10.5 Å². The van der Waals surface area contributed by atoms with Crippen LogP contribution in [0.1, 0.15) is 5.56 Å². The molecule has 0 aliphatic heterocycles. The van der Waals surface area contributed by atoms with Crippen molar-refractivity contribution >= 4 is 27.5 Å². The van der Waals surface area contributed by atoms with Crippen molar-refractivity contribution in [3.8, 4) is 11.6 Å². The Kier molecular flexibility index (Phi) is 4.16. The Balaban J connectivity index is 2.33. The SMILES string of the molecule is NCc1cc(F)cnc1Oc1ccc(Br)cc1Cl. The maximum atomic E-state index is 13.0. The molecule has 2 aromatic rings. The summed E-state index contributed by atoms with van der Waals surface area (Å²) in [5.41, 5.74) is 5.99. The molecule has 2 rings (SSSR count). The molecule has 0 fully saturated rings. The van der Waals surface area contributed by atoms with Gasteiger partial charge in [-0.2, -0.15) is 0 Å². The summed E-state index contributed by atoms with van der Waals surface area (Å²) >= 11 is 9.31. The Morgan fingerprint density at radius 2 is 2.17 bits per heavy atom. The summed E-state index contributed by atoms with van der Waals surface area (Å²) in [4.78, 5) is 3.86. The molecule has 0 aliphatic carbocycles. The van der Waals surface area contributed by atoms with Crippen LogP contribution in [0, 0.1) is 5.82 Å². The zero-order chi connectivity index (χ0) is 13.1. The van der Waals surface area contributed by atoms with Crippen molar-refractivity contribution in [1.82, 2.24) is 4.98 Å². The molecule has 0 atom stereocenters. The second-order valence-electron chi connectivity index (χ2n) is 3.50. The number of halogens is 3. The van der Waals surface area contributed by atoms with Gasteiger partial charge in [0, 0.05) is 16.6 Å². The van der Waals surface area contributed by atoms with E-state index in [9.17, 15) is 4.39 Å². The summed E-state index contributed by atoms with van der Waals surface area (Å²) in [7, 11) is 0. The quantitative estimate of drug-likeness (QED) is 0.928. The summed E-state index contributed by atoms with van der Waals surface area (Å²) in [5, 5.41) is 0.429. The van der Waals surface area contributed by atoms with Gasteiger partial charge in [-0.25, -0.2) is 9.37 Å². The first-order valence-corrected chi connectivity index (χ1v) is 6.24. The molecular formula is C12H9BrClFN2O. The number of aromatic nitrogens is 1. The second-order valence-corrected chi connectivity index (χ2v) is 4.82. The number of benzene rings is 1. The molecule has 0 bridgehead atoms.